The molecule has 37 heavy (non-hydrogen) atoms. The molecule has 1 saturated carbocycles. The lowest BCUT2D eigenvalue weighted by Crippen LogP contribution is -2.52. The number of rotatable bonds is 9. The van der Waals surface area contributed by atoms with Crippen LogP contribution in [0.3, 0.4) is 0 Å². The molecule has 0 saturated heterocycles. The van der Waals surface area contributed by atoms with Gasteiger partial charge in [0.1, 0.15) is 17.5 Å². The minimum Gasteiger partial charge on any atom is -0.454 e. The van der Waals surface area contributed by atoms with Gasteiger partial charge in [-0.1, -0.05) is 30.9 Å². The molecule has 1 fully saturated rings. The second-order valence-corrected chi connectivity index (χ2v) is 11.0. The lowest BCUT2D eigenvalue weighted by molar-refractivity contribution is -0.126. The summed E-state index contributed by atoms with van der Waals surface area (Å²) in [6.45, 7) is 1.75. The first-order valence-electron chi connectivity index (χ1n) is 12.2. The molecule has 198 valence electrons. The van der Waals surface area contributed by atoms with Gasteiger partial charge in [0.05, 0.1) is 0 Å². The average Bonchev–Trinajstić information content (AvgIpc) is 3.33. The van der Waals surface area contributed by atoms with E-state index in [1.165, 1.54) is 4.90 Å². The molecule has 11 heteroatoms. The van der Waals surface area contributed by atoms with E-state index >= 15 is 0 Å². The highest BCUT2D eigenvalue weighted by molar-refractivity contribution is 7.86. The largest absolute Gasteiger partial charge is 0.454 e. The highest BCUT2D eigenvalue weighted by Gasteiger charge is 2.30. The molecule has 0 unspecified atom stereocenters. The number of ether oxygens (including phenoxy) is 2. The van der Waals surface area contributed by atoms with E-state index < -0.39 is 34.4 Å². The van der Waals surface area contributed by atoms with Gasteiger partial charge in [0.25, 0.3) is 0 Å². The van der Waals surface area contributed by atoms with Gasteiger partial charge in [-0.3, -0.25) is 23.5 Å². The highest BCUT2D eigenvalue weighted by atomic mass is 35.5. The van der Waals surface area contributed by atoms with E-state index in [0.29, 0.717) is 27.9 Å². The van der Waals surface area contributed by atoms with Crippen LogP contribution >= 0.6 is 11.6 Å². The minimum atomic E-state index is -1.80. The van der Waals surface area contributed by atoms with Crippen LogP contribution in [-0.2, 0) is 25.2 Å². The normalized spacial score (nSPS) is 16.5. The van der Waals surface area contributed by atoms with E-state index in [1.807, 2.05) is 0 Å². The average molecular weight is 548 g/mol. The molecule has 1 aliphatic heterocycles. The van der Waals surface area contributed by atoms with Gasteiger partial charge in [-0.25, -0.2) is 0 Å². The van der Waals surface area contributed by atoms with E-state index in [4.69, 9.17) is 21.1 Å². The molecule has 2 atom stereocenters. The Kier molecular flexibility index (Phi) is 9.04. The number of carbonyl (C=O) groups excluding carboxylic acids is 3. The number of amides is 3. The van der Waals surface area contributed by atoms with Crippen molar-refractivity contribution < 1.29 is 28.1 Å². The first kappa shape index (κ1) is 26.9. The maximum absolute atomic E-state index is 13.3. The van der Waals surface area contributed by atoms with Crippen LogP contribution in [0.15, 0.2) is 42.5 Å². The fourth-order valence-corrected chi connectivity index (χ4v) is 5.45. The van der Waals surface area contributed by atoms with Crippen molar-refractivity contribution in [2.45, 2.75) is 51.1 Å². The summed E-state index contributed by atoms with van der Waals surface area (Å²) in [7, 11) is -1.80. The first-order chi connectivity index (χ1) is 17.8. The molecule has 3 amide bonds. The third-order valence-electron chi connectivity index (χ3n) is 6.32. The number of benzene rings is 2. The molecule has 0 spiro atoms. The Bertz CT molecular complexity index is 1170. The van der Waals surface area contributed by atoms with Crippen LogP contribution < -0.4 is 25.0 Å². The standard InChI is InChI=1S/C26H30ClN3O6S/c1-17(26(33)29-19-5-3-2-4-6-19)30(21-10-7-18(27)8-11-21)25(32)15-37(34)14-24(31)28-20-9-12-22-23(13-20)36-16-35-22/h7-13,17,19H,2-6,14-16H2,1H3,(H,28,31)(H,29,33)/t17-,37+/m0/s1. The summed E-state index contributed by atoms with van der Waals surface area (Å²) in [5, 5.41) is 6.19. The van der Waals surface area contributed by atoms with Crippen LogP contribution in [-0.4, -0.2) is 52.3 Å². The Hall–Kier alpha value is -3.11. The second-order valence-electron chi connectivity index (χ2n) is 9.10. The minimum absolute atomic E-state index is 0.0832. The molecule has 4 rings (SSSR count). The lowest BCUT2D eigenvalue weighted by Gasteiger charge is -2.31. The van der Waals surface area contributed by atoms with Crippen LogP contribution in [0.25, 0.3) is 0 Å². The van der Waals surface area contributed by atoms with E-state index in [0.717, 1.165) is 32.1 Å². The Morgan fingerprint density at radius 3 is 2.46 bits per heavy atom. The van der Waals surface area contributed by atoms with Gasteiger partial charge in [0, 0.05) is 39.3 Å². The fraction of sp³-hybridized carbons (Fsp3) is 0.423. The summed E-state index contributed by atoms with van der Waals surface area (Å²) in [5.41, 5.74) is 0.927. The van der Waals surface area contributed by atoms with Crippen LogP contribution in [0, 0.1) is 0 Å². The Labute approximate surface area is 223 Å². The third kappa shape index (κ3) is 7.23. The number of nitrogens with zero attached hydrogens (tertiary/aromatic N) is 1. The molecular weight excluding hydrogens is 518 g/mol. The molecular formula is C26H30ClN3O6S. The molecule has 0 aromatic heterocycles. The maximum atomic E-state index is 13.3. The van der Waals surface area contributed by atoms with Crippen molar-refractivity contribution in [1.82, 2.24) is 5.32 Å². The lowest BCUT2D eigenvalue weighted by atomic mass is 9.95. The van der Waals surface area contributed by atoms with Crippen LogP contribution in [0.2, 0.25) is 5.02 Å². The molecule has 2 aliphatic rings. The Balaban J connectivity index is 1.39. The molecule has 0 bridgehead atoms. The van der Waals surface area contributed by atoms with Crippen LogP contribution in [0.5, 0.6) is 11.5 Å². The van der Waals surface area contributed by atoms with E-state index in [1.54, 1.807) is 49.4 Å². The fourth-order valence-electron chi connectivity index (χ4n) is 4.45. The zero-order valence-corrected chi connectivity index (χ0v) is 22.1. The van der Waals surface area contributed by atoms with Gasteiger partial charge in [-0.15, -0.1) is 0 Å². The second kappa shape index (κ2) is 12.4. The monoisotopic (exact) mass is 547 g/mol. The molecule has 2 aromatic rings. The predicted octanol–water partition coefficient (Wildman–Crippen LogP) is 3.63. The number of anilines is 2. The van der Waals surface area contributed by atoms with Gasteiger partial charge in [0.15, 0.2) is 11.5 Å². The van der Waals surface area contributed by atoms with Crippen LogP contribution in [0.1, 0.15) is 39.0 Å². The maximum Gasteiger partial charge on any atom is 0.243 e. The van der Waals surface area contributed by atoms with Crippen molar-refractivity contribution in [3.05, 3.63) is 47.5 Å². The summed E-state index contributed by atoms with van der Waals surface area (Å²) in [6, 6.07) is 10.7. The third-order valence-corrected chi connectivity index (χ3v) is 7.73. The van der Waals surface area contributed by atoms with E-state index in [-0.39, 0.29) is 24.5 Å². The van der Waals surface area contributed by atoms with E-state index in [9.17, 15) is 18.6 Å². The molecule has 0 radical (unpaired) electrons. The number of halogens is 1. The number of hydrogen-bond acceptors (Lipinski definition) is 6. The number of nitrogens with one attached hydrogen (secondary N) is 2. The van der Waals surface area contributed by atoms with Gasteiger partial charge in [-0.05, 0) is 56.2 Å². The van der Waals surface area contributed by atoms with Crippen molar-refractivity contribution in [3.8, 4) is 11.5 Å². The zero-order chi connectivity index (χ0) is 26.4. The number of fused-ring (bicyclic) bond motifs is 1. The highest BCUT2D eigenvalue weighted by Crippen LogP contribution is 2.34. The SMILES string of the molecule is C[C@@H](C(=O)NC1CCCCC1)N(C(=O)C[S@](=O)CC(=O)Nc1ccc2c(c1)OCO2)c1ccc(Cl)cc1. The zero-order valence-electron chi connectivity index (χ0n) is 20.5. The summed E-state index contributed by atoms with van der Waals surface area (Å²) in [4.78, 5) is 40.1. The van der Waals surface area contributed by atoms with E-state index in [2.05, 4.69) is 10.6 Å². The molecule has 1 aliphatic carbocycles. The molecule has 2 N–H and O–H groups in total. The van der Waals surface area contributed by atoms with Gasteiger partial charge < -0.3 is 20.1 Å². The Morgan fingerprint density at radius 1 is 1.03 bits per heavy atom. The van der Waals surface area contributed by atoms with Gasteiger partial charge >= 0.3 is 0 Å². The van der Waals surface area contributed by atoms with Crippen LogP contribution in [0.4, 0.5) is 11.4 Å². The first-order valence-corrected chi connectivity index (χ1v) is 14.1. The molecule has 9 nitrogen and oxygen atoms in total. The molecule has 1 heterocycles. The summed E-state index contributed by atoms with van der Waals surface area (Å²) >= 11 is 6.02. The van der Waals surface area contributed by atoms with Crippen molar-refractivity contribution in [2.24, 2.45) is 0 Å². The van der Waals surface area contributed by atoms with Crippen molar-refractivity contribution in [1.29, 1.82) is 0 Å². The smallest absolute Gasteiger partial charge is 0.243 e. The van der Waals surface area contributed by atoms with Gasteiger partial charge in [0.2, 0.25) is 24.5 Å². The summed E-state index contributed by atoms with van der Waals surface area (Å²) in [5.74, 6) is -1.02. The number of hydrogen-bond donors (Lipinski definition) is 2. The topological polar surface area (TPSA) is 114 Å². The summed E-state index contributed by atoms with van der Waals surface area (Å²) in [6.07, 6.45) is 5.11. The van der Waals surface area contributed by atoms with Crippen molar-refractivity contribution in [2.75, 3.05) is 28.5 Å². The number of carbonyl (C=O) groups is 3. The summed E-state index contributed by atoms with van der Waals surface area (Å²) < 4.78 is 23.3. The predicted molar refractivity (Wildman–Crippen MR) is 142 cm³/mol. The van der Waals surface area contributed by atoms with Crippen molar-refractivity contribution >= 4 is 51.5 Å². The Morgan fingerprint density at radius 2 is 1.73 bits per heavy atom. The van der Waals surface area contributed by atoms with Gasteiger partial charge in [-0.2, -0.15) is 0 Å². The quantitative estimate of drug-likeness (QED) is 0.495. The molecule has 2 aromatic carbocycles. The van der Waals surface area contributed by atoms with Crippen molar-refractivity contribution in [3.63, 3.8) is 0 Å².